The van der Waals surface area contributed by atoms with Crippen LogP contribution in [0.15, 0.2) is 12.2 Å². The van der Waals surface area contributed by atoms with Crippen LogP contribution >= 0.6 is 0 Å². The van der Waals surface area contributed by atoms with E-state index in [1.54, 1.807) is 0 Å². The molecule has 0 bridgehead atoms. The van der Waals surface area contributed by atoms with Crippen molar-refractivity contribution in [2.24, 2.45) is 5.92 Å². The van der Waals surface area contributed by atoms with E-state index in [4.69, 9.17) is 0 Å². The van der Waals surface area contributed by atoms with Crippen LogP contribution in [-0.4, -0.2) is 33.4 Å². The maximum atomic E-state index is 12.0. The Labute approximate surface area is 133 Å². The van der Waals surface area contributed by atoms with Crippen LogP contribution in [0.2, 0.25) is 0 Å². The lowest BCUT2D eigenvalue weighted by Crippen LogP contribution is -2.41. The van der Waals surface area contributed by atoms with Crippen LogP contribution in [0.5, 0.6) is 0 Å². The van der Waals surface area contributed by atoms with E-state index < -0.39 is 0 Å². The highest BCUT2D eigenvalue weighted by Gasteiger charge is 2.17. The molecular formula is C17H29N3O2. The van der Waals surface area contributed by atoms with E-state index in [1.807, 2.05) is 39.3 Å². The van der Waals surface area contributed by atoms with Gasteiger partial charge in [-0.2, -0.15) is 5.10 Å². The monoisotopic (exact) mass is 307 g/mol. The zero-order valence-electron chi connectivity index (χ0n) is 14.4. The number of hydrogen-bond acceptors (Lipinski definition) is 3. The van der Waals surface area contributed by atoms with Crippen molar-refractivity contribution in [1.29, 1.82) is 0 Å². The molecule has 0 saturated carbocycles. The molecule has 0 fully saturated rings. The molecule has 1 heterocycles. The van der Waals surface area contributed by atoms with E-state index in [9.17, 15) is 9.90 Å². The van der Waals surface area contributed by atoms with Crippen molar-refractivity contribution in [2.45, 2.75) is 60.0 Å². The lowest BCUT2D eigenvalue weighted by molar-refractivity contribution is -0.122. The Hall–Kier alpha value is -1.62. The first-order valence-corrected chi connectivity index (χ1v) is 7.83. The van der Waals surface area contributed by atoms with Crippen molar-refractivity contribution in [3.05, 3.63) is 29.1 Å². The van der Waals surface area contributed by atoms with Crippen LogP contribution in [-0.2, 0) is 17.8 Å². The van der Waals surface area contributed by atoms with Gasteiger partial charge in [0.25, 0.3) is 0 Å². The summed E-state index contributed by atoms with van der Waals surface area (Å²) in [6.07, 6.45) is 1.07. The number of rotatable bonds is 8. The molecular weight excluding hydrogens is 278 g/mol. The fourth-order valence-electron chi connectivity index (χ4n) is 2.45. The van der Waals surface area contributed by atoms with Crippen LogP contribution in [0.25, 0.3) is 0 Å². The number of aliphatic hydroxyl groups excluding tert-OH is 1. The minimum Gasteiger partial charge on any atom is -0.394 e. The van der Waals surface area contributed by atoms with E-state index in [0.29, 0.717) is 19.4 Å². The van der Waals surface area contributed by atoms with Gasteiger partial charge in [0.05, 0.1) is 24.9 Å². The van der Waals surface area contributed by atoms with E-state index in [2.05, 4.69) is 17.0 Å². The van der Waals surface area contributed by atoms with Crippen LogP contribution in [0.1, 0.15) is 44.1 Å². The topological polar surface area (TPSA) is 67.2 Å². The van der Waals surface area contributed by atoms with Gasteiger partial charge < -0.3 is 10.4 Å². The van der Waals surface area contributed by atoms with Gasteiger partial charge in [-0.15, -0.1) is 0 Å². The number of amides is 1. The fourth-order valence-corrected chi connectivity index (χ4v) is 2.45. The van der Waals surface area contributed by atoms with Gasteiger partial charge in [-0.25, -0.2) is 0 Å². The van der Waals surface area contributed by atoms with E-state index in [0.717, 1.165) is 22.5 Å². The molecule has 5 nitrogen and oxygen atoms in total. The molecule has 0 aromatic carbocycles. The van der Waals surface area contributed by atoms with Crippen molar-refractivity contribution in [1.82, 2.24) is 15.1 Å². The number of hydrogen-bond donors (Lipinski definition) is 2. The van der Waals surface area contributed by atoms with Gasteiger partial charge in [0.15, 0.2) is 0 Å². The zero-order chi connectivity index (χ0) is 16.9. The van der Waals surface area contributed by atoms with Crippen LogP contribution in [0.3, 0.4) is 0 Å². The van der Waals surface area contributed by atoms with Gasteiger partial charge in [0.2, 0.25) is 5.91 Å². The molecule has 1 aromatic heterocycles. The first-order chi connectivity index (χ1) is 10.3. The fraction of sp³-hybridized carbons (Fsp3) is 0.647. The van der Waals surface area contributed by atoms with Crippen molar-refractivity contribution < 1.29 is 9.90 Å². The molecule has 124 valence electrons. The summed E-state index contributed by atoms with van der Waals surface area (Å²) in [5.41, 5.74) is 4.24. The summed E-state index contributed by atoms with van der Waals surface area (Å²) in [5, 5.41) is 16.7. The largest absolute Gasteiger partial charge is 0.394 e. The Bertz CT molecular complexity index is 532. The van der Waals surface area contributed by atoms with E-state index in [1.165, 1.54) is 0 Å². The van der Waals surface area contributed by atoms with Gasteiger partial charge in [-0.3, -0.25) is 9.48 Å². The number of carbonyl (C=O) groups excluding carboxylic acids is 1. The van der Waals surface area contributed by atoms with E-state index >= 15 is 0 Å². The number of aromatic nitrogens is 2. The molecule has 0 aliphatic carbocycles. The third-order valence-corrected chi connectivity index (χ3v) is 3.90. The highest BCUT2D eigenvalue weighted by atomic mass is 16.3. The molecule has 0 aliphatic heterocycles. The molecule has 0 aliphatic rings. The standard InChI is InChI=1S/C17H29N3O2/c1-11(2)9-20-14(6)15(13(5)19-20)7-8-17(22)18-16(10-21)12(3)4/h12,16,21H,1,7-10H2,2-6H3,(H,18,22)/t16-/m0/s1. The highest BCUT2D eigenvalue weighted by molar-refractivity contribution is 5.76. The van der Waals surface area contributed by atoms with Gasteiger partial charge >= 0.3 is 0 Å². The maximum Gasteiger partial charge on any atom is 0.220 e. The summed E-state index contributed by atoms with van der Waals surface area (Å²) in [7, 11) is 0. The van der Waals surface area contributed by atoms with E-state index in [-0.39, 0.29) is 24.5 Å². The number of nitrogens with one attached hydrogen (secondary N) is 1. The van der Waals surface area contributed by atoms with Gasteiger partial charge in [0.1, 0.15) is 0 Å². The van der Waals surface area contributed by atoms with Crippen molar-refractivity contribution in [2.75, 3.05) is 6.61 Å². The van der Waals surface area contributed by atoms with Gasteiger partial charge in [0, 0.05) is 12.1 Å². The molecule has 1 rings (SSSR count). The predicted octanol–water partition coefficient (Wildman–Crippen LogP) is 2.14. The summed E-state index contributed by atoms with van der Waals surface area (Å²) in [5.74, 6) is 0.190. The second kappa shape index (κ2) is 8.13. The van der Waals surface area contributed by atoms with Crippen molar-refractivity contribution in [3.63, 3.8) is 0 Å². The molecule has 1 atom stereocenters. The quantitative estimate of drug-likeness (QED) is 0.723. The average Bonchev–Trinajstić information content (AvgIpc) is 2.67. The van der Waals surface area contributed by atoms with Crippen molar-refractivity contribution >= 4 is 5.91 Å². The first kappa shape index (κ1) is 18.4. The summed E-state index contributed by atoms with van der Waals surface area (Å²) in [6, 6.07) is -0.180. The second-order valence-electron chi connectivity index (χ2n) is 6.36. The third kappa shape index (κ3) is 4.98. The molecule has 22 heavy (non-hydrogen) atoms. The molecule has 0 saturated heterocycles. The zero-order valence-corrected chi connectivity index (χ0v) is 14.4. The number of nitrogens with zero attached hydrogens (tertiary/aromatic N) is 2. The summed E-state index contributed by atoms with van der Waals surface area (Å²) in [6.45, 7) is 14.5. The average molecular weight is 307 g/mol. The van der Waals surface area contributed by atoms with Crippen molar-refractivity contribution in [3.8, 4) is 0 Å². The molecule has 0 spiro atoms. The lowest BCUT2D eigenvalue weighted by Gasteiger charge is -2.19. The van der Waals surface area contributed by atoms with Crippen LogP contribution in [0.4, 0.5) is 0 Å². The van der Waals surface area contributed by atoms with Crippen LogP contribution < -0.4 is 5.32 Å². The number of aliphatic hydroxyl groups is 1. The maximum absolute atomic E-state index is 12.0. The Morgan fingerprint density at radius 1 is 1.41 bits per heavy atom. The Kier molecular flexibility index (Phi) is 6.81. The smallest absolute Gasteiger partial charge is 0.220 e. The minimum atomic E-state index is -0.180. The Morgan fingerprint density at radius 2 is 2.05 bits per heavy atom. The second-order valence-corrected chi connectivity index (χ2v) is 6.36. The Morgan fingerprint density at radius 3 is 2.55 bits per heavy atom. The lowest BCUT2D eigenvalue weighted by atomic mass is 10.0. The molecule has 1 amide bonds. The minimum absolute atomic E-state index is 0.0285. The molecule has 1 aromatic rings. The number of aryl methyl sites for hydroxylation is 1. The predicted molar refractivity (Wildman–Crippen MR) is 88.7 cm³/mol. The third-order valence-electron chi connectivity index (χ3n) is 3.90. The highest BCUT2D eigenvalue weighted by Crippen LogP contribution is 2.16. The van der Waals surface area contributed by atoms with Gasteiger partial charge in [-0.05, 0) is 38.7 Å². The summed E-state index contributed by atoms with van der Waals surface area (Å²) in [4.78, 5) is 12.0. The normalized spacial score (nSPS) is 12.5. The summed E-state index contributed by atoms with van der Waals surface area (Å²) >= 11 is 0. The molecule has 0 radical (unpaired) electrons. The number of carbonyl (C=O) groups is 1. The van der Waals surface area contributed by atoms with Crippen LogP contribution in [0, 0.1) is 19.8 Å². The molecule has 2 N–H and O–H groups in total. The summed E-state index contributed by atoms with van der Waals surface area (Å²) < 4.78 is 1.94. The van der Waals surface area contributed by atoms with Gasteiger partial charge in [-0.1, -0.05) is 26.0 Å². The first-order valence-electron chi connectivity index (χ1n) is 7.83. The molecule has 5 heteroatoms. The molecule has 0 unspecified atom stereocenters. The SMILES string of the molecule is C=C(C)Cn1nc(C)c(CCC(=O)N[C@@H](CO)C(C)C)c1C. The number of allylic oxidation sites excluding steroid dienone is 1. The Balaban J connectivity index is 2.66.